The first kappa shape index (κ1) is 37.2. The van der Waals surface area contributed by atoms with Gasteiger partial charge >= 0.3 is 6.18 Å². The number of benzene rings is 4. The molecule has 1 N–H and O–H groups in total. The van der Waals surface area contributed by atoms with Gasteiger partial charge in [0.1, 0.15) is 0 Å². The summed E-state index contributed by atoms with van der Waals surface area (Å²) in [5, 5.41) is 3.00. The number of carbonyl (C=O) groups excluding carboxylic acids is 2. The molecule has 1 saturated heterocycles. The van der Waals surface area contributed by atoms with Crippen LogP contribution < -0.4 is 5.32 Å². The van der Waals surface area contributed by atoms with E-state index in [-0.39, 0.29) is 24.4 Å². The molecule has 5 aromatic rings. The zero-order valence-corrected chi connectivity index (χ0v) is 29.9. The van der Waals surface area contributed by atoms with Crippen molar-refractivity contribution in [2.45, 2.75) is 39.5 Å². The summed E-state index contributed by atoms with van der Waals surface area (Å²) in [5.41, 5.74) is 7.06. The van der Waals surface area contributed by atoms with Crippen LogP contribution in [0, 0.1) is 19.8 Å². The van der Waals surface area contributed by atoms with Gasteiger partial charge in [0.15, 0.2) is 0 Å². The van der Waals surface area contributed by atoms with Crippen LogP contribution >= 0.6 is 0 Å². The van der Waals surface area contributed by atoms with E-state index in [0.29, 0.717) is 31.7 Å². The third-order valence-electron chi connectivity index (χ3n) is 9.94. The molecule has 0 unspecified atom stereocenters. The average Bonchev–Trinajstić information content (AvgIpc) is 3.18. The minimum atomic E-state index is -4.50. The number of hydrogen-bond donors (Lipinski definition) is 1. The van der Waals surface area contributed by atoms with Crippen molar-refractivity contribution in [3.63, 3.8) is 0 Å². The van der Waals surface area contributed by atoms with E-state index >= 15 is 0 Å². The second kappa shape index (κ2) is 16.9. The molecule has 0 radical (unpaired) electrons. The van der Waals surface area contributed by atoms with Crippen LogP contribution in [0.4, 0.5) is 13.2 Å². The standard InChI is InChI=1S/C44H43F3N4O2/c1-31-9-8-12-37(32(31)2)30-50-23-25-51(26-24-50)43(53)40(28-33-10-4-3-5-11-33)39(27-34-16-20-38(21-17-34)44(45,46)47)42(52)49-29-35-14-18-36(19-15-35)41-13-6-7-22-48-41/h3-22,27,40H,23-26,28-30H2,1-2H3,(H,49,52)/t40-/m0/s1. The van der Waals surface area contributed by atoms with Crippen LogP contribution in [-0.2, 0) is 35.3 Å². The highest BCUT2D eigenvalue weighted by molar-refractivity contribution is 6.04. The molecular weight excluding hydrogens is 674 g/mol. The van der Waals surface area contributed by atoms with Gasteiger partial charge in [0.25, 0.3) is 0 Å². The van der Waals surface area contributed by atoms with Gasteiger partial charge in [0.05, 0.1) is 17.2 Å². The minimum Gasteiger partial charge on any atom is -0.348 e. The Balaban J connectivity index is 1.26. The molecule has 2 heterocycles. The number of carbonyl (C=O) groups is 2. The van der Waals surface area contributed by atoms with Crippen molar-refractivity contribution in [2.75, 3.05) is 26.2 Å². The molecule has 4 aromatic carbocycles. The molecule has 1 aliphatic heterocycles. The van der Waals surface area contributed by atoms with Crippen LogP contribution in [0.1, 0.15) is 38.9 Å². The van der Waals surface area contributed by atoms with Crippen LogP contribution in [0.2, 0.25) is 0 Å². The second-order valence-electron chi connectivity index (χ2n) is 13.5. The smallest absolute Gasteiger partial charge is 0.348 e. The molecule has 272 valence electrons. The van der Waals surface area contributed by atoms with Gasteiger partial charge in [-0.2, -0.15) is 13.2 Å². The van der Waals surface area contributed by atoms with Gasteiger partial charge in [0, 0.05) is 56.6 Å². The largest absolute Gasteiger partial charge is 0.416 e. The van der Waals surface area contributed by atoms with E-state index in [0.717, 1.165) is 41.1 Å². The van der Waals surface area contributed by atoms with Crippen molar-refractivity contribution in [1.29, 1.82) is 0 Å². The normalized spacial score (nSPS) is 14.5. The number of alkyl halides is 3. The number of piperazine rings is 1. The van der Waals surface area contributed by atoms with Crippen LogP contribution in [0.15, 0.2) is 127 Å². The van der Waals surface area contributed by atoms with E-state index < -0.39 is 23.6 Å². The molecule has 0 aliphatic carbocycles. The first-order valence-electron chi connectivity index (χ1n) is 17.8. The molecule has 0 spiro atoms. The summed E-state index contributed by atoms with van der Waals surface area (Å²) in [6, 6.07) is 33.8. The SMILES string of the molecule is Cc1cccc(CN2CCN(C(=O)[C@@H](Cc3ccccc3)C(=Cc3ccc(C(F)(F)F)cc3)C(=O)NCc3ccc(-c4ccccn4)cc3)CC2)c1C. The summed E-state index contributed by atoms with van der Waals surface area (Å²) in [7, 11) is 0. The maximum atomic E-state index is 14.6. The third kappa shape index (κ3) is 9.67. The number of hydrogen-bond acceptors (Lipinski definition) is 4. The Bertz CT molecular complexity index is 2020. The summed E-state index contributed by atoms with van der Waals surface area (Å²) >= 11 is 0. The van der Waals surface area contributed by atoms with Crippen molar-refractivity contribution in [3.05, 3.63) is 166 Å². The number of amides is 2. The van der Waals surface area contributed by atoms with Crippen molar-refractivity contribution in [1.82, 2.24) is 20.1 Å². The fraction of sp³-hybridized carbons (Fsp3) is 0.250. The van der Waals surface area contributed by atoms with E-state index in [4.69, 9.17) is 0 Å². The van der Waals surface area contributed by atoms with Crippen LogP contribution in [0.25, 0.3) is 17.3 Å². The molecule has 1 aromatic heterocycles. The highest BCUT2D eigenvalue weighted by Gasteiger charge is 2.34. The van der Waals surface area contributed by atoms with Gasteiger partial charge in [-0.25, -0.2) is 0 Å². The Labute approximate surface area is 309 Å². The highest BCUT2D eigenvalue weighted by Crippen LogP contribution is 2.30. The summed E-state index contributed by atoms with van der Waals surface area (Å²) in [6.45, 7) is 7.55. The lowest BCUT2D eigenvalue weighted by Gasteiger charge is -2.37. The number of rotatable bonds is 11. The van der Waals surface area contributed by atoms with Crippen molar-refractivity contribution < 1.29 is 22.8 Å². The Morgan fingerprint density at radius 3 is 2.15 bits per heavy atom. The lowest BCUT2D eigenvalue weighted by Crippen LogP contribution is -2.51. The monoisotopic (exact) mass is 716 g/mol. The van der Waals surface area contributed by atoms with Gasteiger partial charge in [0.2, 0.25) is 11.8 Å². The molecule has 0 saturated carbocycles. The predicted octanol–water partition coefficient (Wildman–Crippen LogP) is 8.29. The van der Waals surface area contributed by atoms with E-state index in [2.05, 4.69) is 47.2 Å². The lowest BCUT2D eigenvalue weighted by molar-refractivity contribution is -0.138. The number of nitrogens with one attached hydrogen (secondary N) is 1. The van der Waals surface area contributed by atoms with E-state index in [9.17, 15) is 22.8 Å². The predicted molar refractivity (Wildman–Crippen MR) is 202 cm³/mol. The van der Waals surface area contributed by atoms with Gasteiger partial charge in [-0.15, -0.1) is 0 Å². The van der Waals surface area contributed by atoms with Crippen molar-refractivity contribution in [3.8, 4) is 11.3 Å². The van der Waals surface area contributed by atoms with Crippen LogP contribution in [0.3, 0.4) is 0 Å². The maximum absolute atomic E-state index is 14.6. The van der Waals surface area contributed by atoms with Gasteiger partial charge in [-0.3, -0.25) is 19.5 Å². The Kier molecular flexibility index (Phi) is 11.8. The number of nitrogens with zero attached hydrogens (tertiary/aromatic N) is 3. The first-order chi connectivity index (χ1) is 25.5. The first-order valence-corrected chi connectivity index (χ1v) is 17.8. The summed E-state index contributed by atoms with van der Waals surface area (Å²) < 4.78 is 40.3. The fourth-order valence-electron chi connectivity index (χ4n) is 6.63. The van der Waals surface area contributed by atoms with Gasteiger partial charge in [-0.05, 0) is 84.0 Å². The average molecular weight is 717 g/mol. The molecule has 6 nitrogen and oxygen atoms in total. The zero-order chi connectivity index (χ0) is 37.4. The summed E-state index contributed by atoms with van der Waals surface area (Å²) in [6.07, 6.45) is -0.961. The third-order valence-corrected chi connectivity index (χ3v) is 9.94. The molecule has 6 rings (SSSR count). The second-order valence-corrected chi connectivity index (χ2v) is 13.5. The Hall–Kier alpha value is -5.54. The van der Waals surface area contributed by atoms with E-state index in [1.807, 2.05) is 77.7 Å². The number of aromatic nitrogens is 1. The van der Waals surface area contributed by atoms with E-state index in [1.54, 1.807) is 12.3 Å². The summed E-state index contributed by atoms with van der Waals surface area (Å²) in [5.74, 6) is -1.52. The Morgan fingerprint density at radius 1 is 0.792 bits per heavy atom. The number of halogens is 3. The van der Waals surface area contributed by atoms with Gasteiger partial charge in [-0.1, -0.05) is 91.0 Å². The number of pyridine rings is 1. The maximum Gasteiger partial charge on any atom is 0.416 e. The topological polar surface area (TPSA) is 65.5 Å². The number of aryl methyl sites for hydroxylation is 1. The molecule has 2 amide bonds. The van der Waals surface area contributed by atoms with Gasteiger partial charge < -0.3 is 10.2 Å². The molecule has 1 fully saturated rings. The van der Waals surface area contributed by atoms with Crippen LogP contribution in [-0.4, -0.2) is 52.8 Å². The molecule has 53 heavy (non-hydrogen) atoms. The van der Waals surface area contributed by atoms with Crippen molar-refractivity contribution >= 4 is 17.9 Å². The quantitative estimate of drug-likeness (QED) is 0.140. The zero-order valence-electron chi connectivity index (χ0n) is 29.9. The molecule has 1 aliphatic rings. The molecule has 0 bridgehead atoms. The molecule has 9 heteroatoms. The lowest BCUT2D eigenvalue weighted by atomic mass is 9.88. The molecular formula is C44H43F3N4O2. The van der Waals surface area contributed by atoms with E-state index in [1.165, 1.54) is 28.8 Å². The van der Waals surface area contributed by atoms with Crippen LogP contribution in [0.5, 0.6) is 0 Å². The fourth-order valence-corrected chi connectivity index (χ4v) is 6.63. The summed E-state index contributed by atoms with van der Waals surface area (Å²) in [4.78, 5) is 37.3. The van der Waals surface area contributed by atoms with Crippen molar-refractivity contribution in [2.24, 2.45) is 5.92 Å². The highest BCUT2D eigenvalue weighted by atomic mass is 19.4. The molecule has 1 atom stereocenters. The minimum absolute atomic E-state index is 0.187. The Morgan fingerprint density at radius 2 is 1.49 bits per heavy atom.